The summed E-state index contributed by atoms with van der Waals surface area (Å²) in [5, 5.41) is 40.4. The maximum Gasteiger partial charge on any atom is 0.186 e. The molecule has 232 valence electrons. The molecule has 4 aliphatic carbocycles. The van der Waals surface area contributed by atoms with Crippen molar-refractivity contribution in [3.05, 3.63) is 0 Å². The van der Waals surface area contributed by atoms with Crippen molar-refractivity contribution in [2.75, 3.05) is 19.7 Å². The minimum Gasteiger partial charge on any atom is -0.394 e. The summed E-state index contributed by atoms with van der Waals surface area (Å²) in [5.41, 5.74) is -0.0233. The molecule has 3 heterocycles. The number of aliphatic hydroxyl groups is 4. The van der Waals surface area contributed by atoms with Crippen molar-refractivity contribution < 1.29 is 34.7 Å². The van der Waals surface area contributed by atoms with Crippen molar-refractivity contribution >= 4 is 5.78 Å². The van der Waals surface area contributed by atoms with E-state index in [4.69, 9.17) is 9.47 Å². The predicted molar refractivity (Wildman–Crippen MR) is 151 cm³/mol. The highest BCUT2D eigenvalue weighted by Gasteiger charge is 2.63. The molecule has 0 aromatic heterocycles. The van der Waals surface area contributed by atoms with Crippen LogP contribution in [0, 0.1) is 58.7 Å². The molecule has 7 rings (SSSR count). The molecule has 0 amide bonds. The first kappa shape index (κ1) is 29.1. The quantitative estimate of drug-likeness (QED) is 0.379. The number of rotatable bonds is 3. The minimum absolute atomic E-state index is 0.0233. The van der Waals surface area contributed by atoms with E-state index in [-0.39, 0.29) is 17.4 Å². The lowest BCUT2D eigenvalue weighted by Crippen LogP contribution is -2.60. The number of nitrogens with zero attached hydrogens (tertiary/aromatic N) is 1. The van der Waals surface area contributed by atoms with Crippen molar-refractivity contribution in [3.63, 3.8) is 0 Å². The van der Waals surface area contributed by atoms with Crippen LogP contribution < -0.4 is 0 Å². The van der Waals surface area contributed by atoms with Crippen LogP contribution in [0.3, 0.4) is 0 Å². The number of fused-ring (bicyclic) bond motifs is 8. The smallest absolute Gasteiger partial charge is 0.186 e. The highest BCUT2D eigenvalue weighted by molar-refractivity contribution is 5.83. The lowest BCUT2D eigenvalue weighted by molar-refractivity contribution is -0.315. The predicted octanol–water partition coefficient (Wildman–Crippen LogP) is 2.60. The number of Topliss-reactive ketones (excluding diaryl/α,β-unsaturated/α-hetero) is 1. The van der Waals surface area contributed by atoms with E-state index in [1.165, 1.54) is 45.2 Å². The van der Waals surface area contributed by atoms with Gasteiger partial charge in [-0.05, 0) is 104 Å². The van der Waals surface area contributed by atoms with Crippen LogP contribution in [0.2, 0.25) is 0 Å². The standard InChI is InChI=1S/C33H53NO7/c1-16-4-7-26-17(2)19-5-6-20-21(23(19)14-34(26)13-16)11-24-22(20)12-27(36)25-10-18(8-9-33(24,25)3)40-32-31(39)30(38)29(37)28(15-35)41-32/h16-26,28-32,35,37-39H,4-15H2,1-3H3/t16-,17+,18?,19+,20+,21+,22-,23+,24-,25-,26-,28+,29+,30-,31+,32-,33+/m0/s1. The molecule has 7 fully saturated rings. The van der Waals surface area contributed by atoms with Gasteiger partial charge in [-0.2, -0.15) is 0 Å². The number of piperidine rings is 2. The Balaban J connectivity index is 1.06. The second-order valence-corrected chi connectivity index (χ2v) is 15.8. The maximum atomic E-state index is 13.9. The van der Waals surface area contributed by atoms with Crippen LogP contribution in [0.1, 0.15) is 78.6 Å². The van der Waals surface area contributed by atoms with Gasteiger partial charge in [0.15, 0.2) is 6.29 Å². The number of carbonyl (C=O) groups is 1. The fourth-order valence-electron chi connectivity index (χ4n) is 11.8. The van der Waals surface area contributed by atoms with Gasteiger partial charge in [0.1, 0.15) is 30.2 Å². The molecule has 1 unspecified atom stereocenters. The Morgan fingerprint density at radius 3 is 2.46 bits per heavy atom. The van der Waals surface area contributed by atoms with Gasteiger partial charge in [-0.25, -0.2) is 0 Å². The van der Waals surface area contributed by atoms with Crippen LogP contribution >= 0.6 is 0 Å². The van der Waals surface area contributed by atoms with Crippen molar-refractivity contribution in [2.45, 2.75) is 121 Å². The Hall–Kier alpha value is -0.610. The van der Waals surface area contributed by atoms with Crippen LogP contribution in [0.25, 0.3) is 0 Å². The summed E-state index contributed by atoms with van der Waals surface area (Å²) in [6, 6.07) is 0.773. The number of hydrogen-bond donors (Lipinski definition) is 4. The molecule has 0 aromatic carbocycles. The van der Waals surface area contributed by atoms with Crippen molar-refractivity contribution in [1.82, 2.24) is 4.90 Å². The van der Waals surface area contributed by atoms with Gasteiger partial charge in [0.2, 0.25) is 0 Å². The second kappa shape index (κ2) is 10.8. The molecule has 41 heavy (non-hydrogen) atoms. The SMILES string of the molecule is C[C@H]1CC[C@H]2[C@H](C)[C@H]3CC[C@@H]4[C@@H](C[C@H]5[C@H]4CC(=O)[C@@H]4CC(O[C@H]6O[C@H](CO)[C@@H](O)[C@H](O)[C@H]6O)CC[C@@]45C)[C@@H]3CN2C1. The molecule has 3 aliphatic heterocycles. The van der Waals surface area contributed by atoms with Crippen LogP contribution in [-0.4, -0.2) is 93.7 Å². The summed E-state index contributed by atoms with van der Waals surface area (Å²) in [6.45, 7) is 9.41. The van der Waals surface area contributed by atoms with Gasteiger partial charge in [-0.1, -0.05) is 20.8 Å². The molecular weight excluding hydrogens is 522 g/mol. The number of carbonyl (C=O) groups excluding carboxylic acids is 1. The van der Waals surface area contributed by atoms with Gasteiger partial charge in [-0.3, -0.25) is 9.69 Å². The van der Waals surface area contributed by atoms with Gasteiger partial charge in [0, 0.05) is 31.5 Å². The number of aliphatic hydroxyl groups excluding tert-OH is 4. The number of ketones is 1. The van der Waals surface area contributed by atoms with E-state index in [0.29, 0.717) is 36.4 Å². The van der Waals surface area contributed by atoms with Crippen molar-refractivity contribution in [2.24, 2.45) is 58.7 Å². The lowest BCUT2D eigenvalue weighted by Gasteiger charge is -2.56. The molecule has 4 N–H and O–H groups in total. The molecular formula is C33H53NO7. The number of ether oxygens (including phenoxy) is 2. The van der Waals surface area contributed by atoms with Gasteiger partial charge < -0.3 is 29.9 Å². The highest BCUT2D eigenvalue weighted by atomic mass is 16.7. The molecule has 4 saturated carbocycles. The molecule has 8 heteroatoms. The van der Waals surface area contributed by atoms with E-state index in [0.717, 1.165) is 48.5 Å². The average Bonchev–Trinajstić information content (AvgIpc) is 3.34. The van der Waals surface area contributed by atoms with Gasteiger partial charge >= 0.3 is 0 Å². The molecule has 3 saturated heterocycles. The van der Waals surface area contributed by atoms with Crippen molar-refractivity contribution in [3.8, 4) is 0 Å². The van der Waals surface area contributed by atoms with E-state index >= 15 is 0 Å². The molecule has 0 aromatic rings. The summed E-state index contributed by atoms with van der Waals surface area (Å²) in [7, 11) is 0. The van der Waals surface area contributed by atoms with E-state index in [2.05, 4.69) is 25.7 Å². The largest absolute Gasteiger partial charge is 0.394 e. The average molecular weight is 576 g/mol. The third-order valence-corrected chi connectivity index (χ3v) is 13.9. The third kappa shape index (κ3) is 4.60. The van der Waals surface area contributed by atoms with E-state index in [1.807, 2.05) is 0 Å². The lowest BCUT2D eigenvalue weighted by atomic mass is 9.51. The summed E-state index contributed by atoms with van der Waals surface area (Å²) < 4.78 is 11.8. The summed E-state index contributed by atoms with van der Waals surface area (Å²) in [5.74, 6) is 6.08. The Bertz CT molecular complexity index is 991. The van der Waals surface area contributed by atoms with Crippen LogP contribution in [0.15, 0.2) is 0 Å². The first-order valence-corrected chi connectivity index (χ1v) is 16.8. The normalized spacial score (nSPS) is 57.2. The topological polar surface area (TPSA) is 120 Å². The number of hydrogen-bond acceptors (Lipinski definition) is 8. The zero-order valence-corrected chi connectivity index (χ0v) is 25.2. The van der Waals surface area contributed by atoms with Gasteiger partial charge in [0.25, 0.3) is 0 Å². The zero-order chi connectivity index (χ0) is 28.8. The second-order valence-electron chi connectivity index (χ2n) is 15.8. The first-order chi connectivity index (χ1) is 19.6. The Morgan fingerprint density at radius 2 is 1.68 bits per heavy atom. The van der Waals surface area contributed by atoms with Crippen LogP contribution in [0.5, 0.6) is 0 Å². The molecule has 0 radical (unpaired) electrons. The maximum absolute atomic E-state index is 13.9. The summed E-state index contributed by atoms with van der Waals surface area (Å²) in [6.07, 6.45) is 3.05. The first-order valence-electron chi connectivity index (χ1n) is 16.8. The molecule has 7 aliphatic rings. The zero-order valence-electron chi connectivity index (χ0n) is 25.2. The van der Waals surface area contributed by atoms with Gasteiger partial charge in [0.05, 0.1) is 12.7 Å². The van der Waals surface area contributed by atoms with E-state index in [1.54, 1.807) is 0 Å². The Labute approximate surface area is 245 Å². The summed E-state index contributed by atoms with van der Waals surface area (Å²) in [4.78, 5) is 16.7. The van der Waals surface area contributed by atoms with Crippen LogP contribution in [-0.2, 0) is 14.3 Å². The fraction of sp³-hybridized carbons (Fsp3) is 0.970. The minimum atomic E-state index is -1.45. The Kier molecular flexibility index (Phi) is 7.66. The molecule has 0 bridgehead atoms. The van der Waals surface area contributed by atoms with E-state index in [9.17, 15) is 25.2 Å². The van der Waals surface area contributed by atoms with Gasteiger partial charge in [-0.15, -0.1) is 0 Å². The van der Waals surface area contributed by atoms with Crippen molar-refractivity contribution in [1.29, 1.82) is 0 Å². The monoisotopic (exact) mass is 575 g/mol. The van der Waals surface area contributed by atoms with Crippen LogP contribution in [0.4, 0.5) is 0 Å². The fourth-order valence-corrected chi connectivity index (χ4v) is 11.8. The molecule has 8 nitrogen and oxygen atoms in total. The Morgan fingerprint density at radius 1 is 0.902 bits per heavy atom. The third-order valence-electron chi connectivity index (χ3n) is 13.9. The highest BCUT2D eigenvalue weighted by Crippen LogP contribution is 2.66. The molecule has 17 atom stereocenters. The summed E-state index contributed by atoms with van der Waals surface area (Å²) >= 11 is 0. The molecule has 0 spiro atoms. The van der Waals surface area contributed by atoms with E-state index < -0.39 is 37.3 Å².